The SMILES string of the molecule is COCC(=O)N1CCN(c2cc(C)nc3c([N+](=O)[O-])cccc23)CC1. The molecule has 1 fully saturated rings. The first-order chi connectivity index (χ1) is 12.0. The molecule has 1 aliphatic rings. The van der Waals surface area contributed by atoms with Crippen molar-refractivity contribution in [1.29, 1.82) is 0 Å². The summed E-state index contributed by atoms with van der Waals surface area (Å²) in [6, 6.07) is 6.95. The molecule has 2 aromatic rings. The van der Waals surface area contributed by atoms with Crippen molar-refractivity contribution >= 4 is 28.2 Å². The van der Waals surface area contributed by atoms with E-state index in [9.17, 15) is 14.9 Å². The van der Waals surface area contributed by atoms with Crippen LogP contribution in [0.15, 0.2) is 24.3 Å². The average Bonchev–Trinajstić information content (AvgIpc) is 2.60. The highest BCUT2D eigenvalue weighted by atomic mass is 16.6. The second-order valence-corrected chi connectivity index (χ2v) is 6.01. The number of nitrogens with zero attached hydrogens (tertiary/aromatic N) is 4. The summed E-state index contributed by atoms with van der Waals surface area (Å²) in [5.74, 6) is -0.0199. The molecule has 0 bridgehead atoms. The maximum atomic E-state index is 11.9. The topological polar surface area (TPSA) is 88.8 Å². The fourth-order valence-electron chi connectivity index (χ4n) is 3.16. The van der Waals surface area contributed by atoms with Crippen LogP contribution in [0.2, 0.25) is 0 Å². The van der Waals surface area contributed by atoms with Crippen LogP contribution in [0.1, 0.15) is 5.69 Å². The van der Waals surface area contributed by atoms with Crippen LogP contribution in [-0.4, -0.2) is 60.6 Å². The first kappa shape index (κ1) is 17.1. The van der Waals surface area contributed by atoms with Gasteiger partial charge < -0.3 is 14.5 Å². The third-order valence-electron chi connectivity index (χ3n) is 4.36. The molecule has 3 rings (SSSR count). The molecule has 0 atom stereocenters. The number of carbonyl (C=O) groups excluding carboxylic acids is 1. The molecule has 8 nitrogen and oxygen atoms in total. The fraction of sp³-hybridized carbons (Fsp3) is 0.412. The highest BCUT2D eigenvalue weighted by Crippen LogP contribution is 2.32. The van der Waals surface area contributed by atoms with Gasteiger partial charge in [-0.05, 0) is 13.0 Å². The van der Waals surface area contributed by atoms with Gasteiger partial charge >= 0.3 is 0 Å². The van der Waals surface area contributed by atoms with Crippen LogP contribution in [0.3, 0.4) is 0 Å². The minimum absolute atomic E-state index is 0.0105. The molecule has 0 unspecified atom stereocenters. The normalized spacial score (nSPS) is 14.8. The van der Waals surface area contributed by atoms with E-state index in [2.05, 4.69) is 9.88 Å². The summed E-state index contributed by atoms with van der Waals surface area (Å²) >= 11 is 0. The number of ether oxygens (including phenoxy) is 1. The van der Waals surface area contributed by atoms with Crippen molar-refractivity contribution in [1.82, 2.24) is 9.88 Å². The predicted octanol–water partition coefficient (Wildman–Crippen LogP) is 1.75. The van der Waals surface area contributed by atoms with Gasteiger partial charge in [0, 0.05) is 56.1 Å². The molecule has 0 N–H and O–H groups in total. The van der Waals surface area contributed by atoms with Crippen LogP contribution >= 0.6 is 0 Å². The van der Waals surface area contributed by atoms with Gasteiger partial charge in [-0.2, -0.15) is 0 Å². The minimum atomic E-state index is -0.403. The monoisotopic (exact) mass is 344 g/mol. The highest BCUT2D eigenvalue weighted by Gasteiger charge is 2.24. The number of hydrogen-bond acceptors (Lipinski definition) is 6. The van der Waals surface area contributed by atoms with Gasteiger partial charge in [-0.3, -0.25) is 14.9 Å². The smallest absolute Gasteiger partial charge is 0.295 e. The molecule has 25 heavy (non-hydrogen) atoms. The van der Waals surface area contributed by atoms with E-state index in [-0.39, 0.29) is 18.2 Å². The number of aryl methyl sites for hydroxylation is 1. The standard InChI is InChI=1S/C17H20N4O4/c1-12-10-15(13-4-3-5-14(21(23)24)17(13)18-12)19-6-8-20(9-7-19)16(22)11-25-2/h3-5,10H,6-9,11H2,1-2H3. The van der Waals surface area contributed by atoms with Gasteiger partial charge in [0.25, 0.3) is 5.69 Å². The van der Waals surface area contributed by atoms with Crippen LogP contribution in [0.25, 0.3) is 10.9 Å². The first-order valence-electron chi connectivity index (χ1n) is 8.07. The Bertz CT molecular complexity index is 816. The number of aromatic nitrogens is 1. The van der Waals surface area contributed by atoms with Gasteiger partial charge in [-0.15, -0.1) is 0 Å². The molecule has 8 heteroatoms. The number of nitro benzene ring substituents is 1. The van der Waals surface area contributed by atoms with Gasteiger partial charge in [0.05, 0.1) is 4.92 Å². The van der Waals surface area contributed by atoms with Crippen molar-refractivity contribution in [3.05, 3.63) is 40.1 Å². The minimum Gasteiger partial charge on any atom is -0.375 e. The van der Waals surface area contributed by atoms with Crippen molar-refractivity contribution in [2.75, 3.05) is 44.8 Å². The fourth-order valence-corrected chi connectivity index (χ4v) is 3.16. The predicted molar refractivity (Wildman–Crippen MR) is 93.8 cm³/mol. The summed E-state index contributed by atoms with van der Waals surface area (Å²) in [6.45, 7) is 4.44. The molecule has 0 spiro atoms. The Hall–Kier alpha value is -2.74. The molecule has 1 aromatic carbocycles. The lowest BCUT2D eigenvalue weighted by molar-refractivity contribution is -0.383. The average molecular weight is 344 g/mol. The number of pyridine rings is 1. The van der Waals surface area contributed by atoms with Crippen LogP contribution in [0, 0.1) is 17.0 Å². The van der Waals surface area contributed by atoms with Crippen LogP contribution in [-0.2, 0) is 9.53 Å². The maximum absolute atomic E-state index is 11.9. The number of fused-ring (bicyclic) bond motifs is 1. The van der Waals surface area contributed by atoms with Crippen molar-refractivity contribution in [3.63, 3.8) is 0 Å². The summed E-state index contributed by atoms with van der Waals surface area (Å²) in [5, 5.41) is 12.0. The second-order valence-electron chi connectivity index (χ2n) is 6.01. The number of nitro groups is 1. The number of rotatable bonds is 4. The number of hydrogen-bond donors (Lipinski definition) is 0. The van der Waals surface area contributed by atoms with E-state index in [1.165, 1.54) is 13.2 Å². The Morgan fingerprint density at radius 2 is 2.04 bits per heavy atom. The summed E-state index contributed by atoms with van der Waals surface area (Å²) < 4.78 is 4.90. The van der Waals surface area contributed by atoms with Crippen LogP contribution in [0.4, 0.5) is 11.4 Å². The van der Waals surface area contributed by atoms with E-state index >= 15 is 0 Å². The number of benzene rings is 1. The molecule has 1 aromatic heterocycles. The Balaban J connectivity index is 1.91. The Labute approximate surface area is 145 Å². The van der Waals surface area contributed by atoms with Crippen molar-refractivity contribution in [3.8, 4) is 0 Å². The van der Waals surface area contributed by atoms with E-state index in [0.29, 0.717) is 31.7 Å². The Morgan fingerprint density at radius 1 is 1.32 bits per heavy atom. The number of methoxy groups -OCH3 is 1. The molecule has 0 saturated carbocycles. The zero-order valence-electron chi connectivity index (χ0n) is 14.3. The number of amides is 1. The largest absolute Gasteiger partial charge is 0.375 e. The second kappa shape index (κ2) is 7.02. The number of para-hydroxylation sites is 1. The van der Waals surface area contributed by atoms with Gasteiger partial charge in [-0.25, -0.2) is 4.98 Å². The van der Waals surface area contributed by atoms with Crippen LogP contribution < -0.4 is 4.90 Å². The number of anilines is 1. The summed E-state index contributed by atoms with van der Waals surface area (Å²) in [7, 11) is 1.51. The number of non-ortho nitro benzene ring substituents is 1. The highest BCUT2D eigenvalue weighted by molar-refractivity contribution is 5.97. The molecule has 2 heterocycles. The molecular weight excluding hydrogens is 324 g/mol. The molecule has 132 valence electrons. The molecule has 1 amide bonds. The van der Waals surface area contributed by atoms with Crippen molar-refractivity contribution in [2.24, 2.45) is 0 Å². The lowest BCUT2D eigenvalue weighted by Gasteiger charge is -2.36. The van der Waals surface area contributed by atoms with Crippen LogP contribution in [0.5, 0.6) is 0 Å². The van der Waals surface area contributed by atoms with Gasteiger partial charge in [0.2, 0.25) is 5.91 Å². The van der Waals surface area contributed by atoms with E-state index in [1.807, 2.05) is 19.1 Å². The Kier molecular flexibility index (Phi) is 4.80. The number of carbonyl (C=O) groups is 1. The molecular formula is C17H20N4O4. The summed E-state index contributed by atoms with van der Waals surface area (Å²) in [6.07, 6.45) is 0. The quantitative estimate of drug-likeness (QED) is 0.620. The van der Waals surface area contributed by atoms with Crippen molar-refractivity contribution in [2.45, 2.75) is 6.92 Å². The zero-order chi connectivity index (χ0) is 18.0. The van der Waals surface area contributed by atoms with E-state index in [4.69, 9.17) is 4.74 Å². The summed E-state index contributed by atoms with van der Waals surface area (Å²) in [4.78, 5) is 31.1. The number of piperazine rings is 1. The molecule has 1 aliphatic heterocycles. The molecule has 0 radical (unpaired) electrons. The third kappa shape index (κ3) is 3.39. The molecule has 1 saturated heterocycles. The third-order valence-corrected chi connectivity index (χ3v) is 4.36. The maximum Gasteiger partial charge on any atom is 0.295 e. The molecule has 0 aliphatic carbocycles. The first-order valence-corrected chi connectivity index (χ1v) is 8.07. The van der Waals surface area contributed by atoms with Gasteiger partial charge in [-0.1, -0.05) is 12.1 Å². The van der Waals surface area contributed by atoms with Gasteiger partial charge in [0.1, 0.15) is 6.61 Å². The van der Waals surface area contributed by atoms with E-state index in [0.717, 1.165) is 16.8 Å². The Morgan fingerprint density at radius 3 is 2.68 bits per heavy atom. The van der Waals surface area contributed by atoms with Gasteiger partial charge in [0.15, 0.2) is 5.52 Å². The lowest BCUT2D eigenvalue weighted by atomic mass is 10.1. The van der Waals surface area contributed by atoms with E-state index in [1.54, 1.807) is 11.0 Å². The van der Waals surface area contributed by atoms with Crippen molar-refractivity contribution < 1.29 is 14.5 Å². The zero-order valence-corrected chi connectivity index (χ0v) is 14.3. The summed E-state index contributed by atoms with van der Waals surface area (Å²) in [5.41, 5.74) is 2.07. The van der Waals surface area contributed by atoms with E-state index < -0.39 is 4.92 Å². The lowest BCUT2D eigenvalue weighted by Crippen LogP contribution is -2.49.